The Morgan fingerprint density at radius 3 is 1.19 bits per heavy atom. The second-order valence-corrected chi connectivity index (χ2v) is 12.3. The summed E-state index contributed by atoms with van der Waals surface area (Å²) >= 11 is 0. The van der Waals surface area contributed by atoms with Crippen molar-refractivity contribution in [1.82, 2.24) is 0 Å². The number of hydrogen-bond donors (Lipinski definition) is 0. The summed E-state index contributed by atoms with van der Waals surface area (Å²) in [5, 5.41) is 22.4. The van der Waals surface area contributed by atoms with E-state index in [0.717, 1.165) is 0 Å². The summed E-state index contributed by atoms with van der Waals surface area (Å²) in [6, 6.07) is 45.3. The average Bonchev–Trinajstić information content (AvgIpc) is 3.07. The van der Waals surface area contributed by atoms with Crippen molar-refractivity contribution < 1.29 is 0 Å². The standard InChI is InChI=1S/C24H12.C18H16/c1-2-14-5-6-16-9-11-18-12-10-17-8-7-15-4-3-13(1)19-20(14)22(16)24(18)23(17)21(15)19;1-3-7-15-13(5-1)9-11-18-16-8-4-2-6-14(16)10-12-17(15)18/h1-12H;1,3,5,7,9-12H,2,4,6,8H2. The minimum atomic E-state index is 1.25. The van der Waals surface area contributed by atoms with E-state index in [2.05, 4.69) is 121 Å². The molecule has 10 aromatic rings. The monoisotopic (exact) mass is 532 g/mol. The van der Waals surface area contributed by atoms with Gasteiger partial charge in [0.25, 0.3) is 0 Å². The third-order valence-electron chi connectivity index (χ3n) is 10.1. The van der Waals surface area contributed by atoms with Crippen LogP contribution in [0.2, 0.25) is 0 Å². The van der Waals surface area contributed by atoms with Crippen molar-refractivity contribution in [3.63, 3.8) is 0 Å². The highest BCUT2D eigenvalue weighted by Crippen LogP contribution is 2.48. The zero-order chi connectivity index (χ0) is 27.4. The molecule has 0 nitrogen and oxygen atoms in total. The molecule has 11 rings (SSSR count). The van der Waals surface area contributed by atoms with Crippen LogP contribution >= 0.6 is 0 Å². The molecule has 196 valence electrons. The Morgan fingerprint density at radius 1 is 0.286 bits per heavy atom. The van der Waals surface area contributed by atoms with E-state index in [9.17, 15) is 0 Å². The van der Waals surface area contributed by atoms with Crippen molar-refractivity contribution in [1.29, 1.82) is 0 Å². The summed E-state index contributed by atoms with van der Waals surface area (Å²) in [5.41, 5.74) is 3.17. The largest absolute Gasteiger partial charge is 0.0616 e. The van der Waals surface area contributed by atoms with Crippen LogP contribution in [-0.4, -0.2) is 0 Å². The molecular weight excluding hydrogens is 504 g/mol. The van der Waals surface area contributed by atoms with E-state index >= 15 is 0 Å². The van der Waals surface area contributed by atoms with E-state index in [1.807, 2.05) is 0 Å². The lowest BCUT2D eigenvalue weighted by Crippen LogP contribution is -2.02. The third-order valence-corrected chi connectivity index (χ3v) is 10.1. The minimum Gasteiger partial charge on any atom is -0.0616 e. The van der Waals surface area contributed by atoms with Crippen molar-refractivity contribution in [2.45, 2.75) is 25.7 Å². The molecule has 0 atom stereocenters. The molecule has 0 fully saturated rings. The van der Waals surface area contributed by atoms with Crippen LogP contribution in [0.1, 0.15) is 24.0 Å². The molecule has 0 heteroatoms. The second kappa shape index (κ2) is 8.30. The molecule has 1 aliphatic rings. The molecule has 0 saturated carbocycles. The Kier molecular flexibility index (Phi) is 4.49. The number of fused-ring (bicyclic) bond motifs is 5. The van der Waals surface area contributed by atoms with Gasteiger partial charge in [0.2, 0.25) is 0 Å². The van der Waals surface area contributed by atoms with E-state index < -0.39 is 0 Å². The molecule has 0 aromatic heterocycles. The van der Waals surface area contributed by atoms with Crippen LogP contribution in [0.15, 0.2) is 121 Å². The summed E-state index contributed by atoms with van der Waals surface area (Å²) < 4.78 is 0. The summed E-state index contributed by atoms with van der Waals surface area (Å²) in [6.07, 6.45) is 5.22. The van der Waals surface area contributed by atoms with Crippen molar-refractivity contribution in [2.75, 3.05) is 0 Å². The normalized spacial score (nSPS) is 13.8. The maximum Gasteiger partial charge on any atom is -0.00139 e. The van der Waals surface area contributed by atoms with Crippen LogP contribution in [0.5, 0.6) is 0 Å². The molecule has 0 amide bonds. The Bertz CT molecular complexity index is 2230. The molecule has 42 heavy (non-hydrogen) atoms. The molecule has 0 N–H and O–H groups in total. The van der Waals surface area contributed by atoms with Gasteiger partial charge in [-0.3, -0.25) is 0 Å². The van der Waals surface area contributed by atoms with Gasteiger partial charge in [0, 0.05) is 0 Å². The van der Waals surface area contributed by atoms with Crippen molar-refractivity contribution >= 4 is 86.2 Å². The van der Waals surface area contributed by atoms with Gasteiger partial charge in [0.1, 0.15) is 0 Å². The van der Waals surface area contributed by atoms with Gasteiger partial charge in [-0.15, -0.1) is 0 Å². The zero-order valence-corrected chi connectivity index (χ0v) is 23.4. The van der Waals surface area contributed by atoms with Gasteiger partial charge in [-0.05, 0) is 123 Å². The highest BCUT2D eigenvalue weighted by molar-refractivity contribution is 6.44. The van der Waals surface area contributed by atoms with Crippen LogP contribution in [0.25, 0.3) is 86.2 Å². The molecule has 0 radical (unpaired) electrons. The molecule has 10 aromatic carbocycles. The third kappa shape index (κ3) is 2.97. The predicted molar refractivity (Wildman–Crippen MR) is 183 cm³/mol. The zero-order valence-electron chi connectivity index (χ0n) is 23.4. The lowest BCUT2D eigenvalue weighted by atomic mass is 9.83. The Labute approximate surface area is 243 Å². The molecular formula is C42H28. The Balaban J connectivity index is 0.000000118. The van der Waals surface area contributed by atoms with Gasteiger partial charge < -0.3 is 0 Å². The number of rotatable bonds is 0. The fraction of sp³-hybridized carbons (Fsp3) is 0.0952. The smallest absolute Gasteiger partial charge is 0.00139 e. The van der Waals surface area contributed by atoms with Crippen LogP contribution < -0.4 is 0 Å². The lowest BCUT2D eigenvalue weighted by Gasteiger charge is -2.20. The molecule has 0 unspecified atom stereocenters. The topological polar surface area (TPSA) is 0 Å². The number of aryl methyl sites for hydroxylation is 2. The van der Waals surface area contributed by atoms with Crippen LogP contribution in [0.4, 0.5) is 0 Å². The predicted octanol–water partition coefficient (Wildman–Crippen LogP) is 11.8. The van der Waals surface area contributed by atoms with Crippen LogP contribution in [-0.2, 0) is 12.8 Å². The summed E-state index contributed by atoms with van der Waals surface area (Å²) in [5.74, 6) is 0. The van der Waals surface area contributed by atoms with Crippen LogP contribution in [0.3, 0.4) is 0 Å². The Hall–Kier alpha value is -4.94. The maximum atomic E-state index is 2.35. The molecule has 0 spiro atoms. The van der Waals surface area contributed by atoms with E-state index in [4.69, 9.17) is 0 Å². The first-order valence-electron chi connectivity index (χ1n) is 15.3. The average molecular weight is 533 g/mol. The lowest BCUT2D eigenvalue weighted by molar-refractivity contribution is 0.690. The van der Waals surface area contributed by atoms with Gasteiger partial charge in [-0.25, -0.2) is 0 Å². The fourth-order valence-electron chi connectivity index (χ4n) is 8.24. The SMILES string of the molecule is c1cc2ccc3ccc4ccc5ccc6ccc1c1c2c3c4c5c61.c1ccc2c(c1)ccc1c3c(ccc12)CCCC3. The Morgan fingerprint density at radius 2 is 0.690 bits per heavy atom. The molecule has 0 saturated heterocycles. The highest BCUT2D eigenvalue weighted by Gasteiger charge is 2.19. The molecule has 0 bridgehead atoms. The molecule has 0 heterocycles. The summed E-state index contributed by atoms with van der Waals surface area (Å²) in [7, 11) is 0. The molecule has 1 aliphatic carbocycles. The first kappa shape index (κ1) is 22.7. The summed E-state index contributed by atoms with van der Waals surface area (Å²) in [6.45, 7) is 0. The van der Waals surface area contributed by atoms with Gasteiger partial charge in [0.05, 0.1) is 0 Å². The minimum absolute atomic E-state index is 1.25. The van der Waals surface area contributed by atoms with E-state index in [1.165, 1.54) is 112 Å². The van der Waals surface area contributed by atoms with Crippen molar-refractivity contribution in [3.05, 3.63) is 132 Å². The molecule has 0 aliphatic heterocycles. The van der Waals surface area contributed by atoms with E-state index in [-0.39, 0.29) is 0 Å². The number of benzene rings is 10. The van der Waals surface area contributed by atoms with Gasteiger partial charge in [0.15, 0.2) is 0 Å². The summed E-state index contributed by atoms with van der Waals surface area (Å²) in [4.78, 5) is 0. The maximum absolute atomic E-state index is 2.35. The fourth-order valence-corrected chi connectivity index (χ4v) is 8.24. The van der Waals surface area contributed by atoms with Crippen molar-refractivity contribution in [2.24, 2.45) is 0 Å². The first-order chi connectivity index (χ1) is 20.8. The van der Waals surface area contributed by atoms with E-state index in [1.54, 1.807) is 11.1 Å². The van der Waals surface area contributed by atoms with Gasteiger partial charge >= 0.3 is 0 Å². The van der Waals surface area contributed by atoms with Gasteiger partial charge in [-0.1, -0.05) is 121 Å². The van der Waals surface area contributed by atoms with Crippen LogP contribution in [0, 0.1) is 0 Å². The second-order valence-electron chi connectivity index (χ2n) is 12.3. The number of hydrogen-bond acceptors (Lipinski definition) is 0. The first-order valence-corrected chi connectivity index (χ1v) is 15.3. The van der Waals surface area contributed by atoms with Gasteiger partial charge in [-0.2, -0.15) is 0 Å². The van der Waals surface area contributed by atoms with E-state index in [0.29, 0.717) is 0 Å². The quantitative estimate of drug-likeness (QED) is 0.135. The van der Waals surface area contributed by atoms with Crippen molar-refractivity contribution in [3.8, 4) is 0 Å². The highest BCUT2D eigenvalue weighted by atomic mass is 14.2.